The molecule has 2 heteroatoms. The second kappa shape index (κ2) is 12.9. The Kier molecular flexibility index (Phi) is 7.26. The number of fused-ring (bicyclic) bond motifs is 7. The number of furan rings is 2. The van der Waals surface area contributed by atoms with Crippen LogP contribution in [-0.4, -0.2) is 0 Å². The summed E-state index contributed by atoms with van der Waals surface area (Å²) in [5, 5.41) is 10.2. The van der Waals surface area contributed by atoms with Crippen LogP contribution in [0.3, 0.4) is 0 Å². The Labute approximate surface area is 334 Å². The van der Waals surface area contributed by atoms with Gasteiger partial charge in [-0.2, -0.15) is 0 Å². The normalized spacial score (nSPS) is 11.8. The summed E-state index contributed by atoms with van der Waals surface area (Å²) in [5.74, 6) is 0.841. The molecular formula is C56H34O2. The molecule has 58 heavy (non-hydrogen) atoms. The van der Waals surface area contributed by atoms with E-state index in [-0.39, 0.29) is 0 Å². The molecule has 2 nitrogen and oxygen atoms in total. The number of hydrogen-bond acceptors (Lipinski definition) is 2. The van der Waals surface area contributed by atoms with Crippen molar-refractivity contribution >= 4 is 65.2 Å². The third-order valence-electron chi connectivity index (χ3n) is 11.8. The minimum atomic E-state index is 0.808. The predicted molar refractivity (Wildman–Crippen MR) is 243 cm³/mol. The van der Waals surface area contributed by atoms with Gasteiger partial charge in [0.1, 0.15) is 22.5 Å². The van der Waals surface area contributed by atoms with E-state index < -0.39 is 0 Å². The molecule has 12 aromatic rings. The largest absolute Gasteiger partial charge is 0.455 e. The number of hydrogen-bond donors (Lipinski definition) is 0. The maximum absolute atomic E-state index is 7.40. The fraction of sp³-hybridized carbons (Fsp3) is 0. The molecular weight excluding hydrogens is 705 g/mol. The standard InChI is InChI=1S/C56H34O2/c1-3-16-35(17-4-1)39-22-15-23-40(32-39)50-43-25-9-11-27-45(43)52(46-28-12-10-26-44(46)50)53-55-47(42-24-13-14-29-49(42)57-55)34-48-51(37-19-5-2-6-20-37)54(58-56(48)53)41-31-30-36-18-7-8-21-38(36)33-41/h1-34H. The third kappa shape index (κ3) is 4.99. The van der Waals surface area contributed by atoms with Crippen LogP contribution in [0.5, 0.6) is 0 Å². The van der Waals surface area contributed by atoms with E-state index in [1.807, 2.05) is 6.07 Å². The predicted octanol–water partition coefficient (Wildman–Crippen LogP) is 16.1. The van der Waals surface area contributed by atoms with Gasteiger partial charge in [0.25, 0.3) is 0 Å². The van der Waals surface area contributed by atoms with E-state index in [9.17, 15) is 0 Å². The first-order valence-corrected chi connectivity index (χ1v) is 19.8. The monoisotopic (exact) mass is 738 g/mol. The SMILES string of the molecule is c1ccc(-c2cccc(-c3c4ccccc4c(-c4c5oc(-c6ccc7ccccc7c6)c(-c6ccccc6)c5cc5c4oc4ccccc45)c4ccccc34)c2)cc1. The lowest BCUT2D eigenvalue weighted by molar-refractivity contribution is 0.630. The summed E-state index contributed by atoms with van der Waals surface area (Å²) in [6.45, 7) is 0. The van der Waals surface area contributed by atoms with Crippen molar-refractivity contribution in [1.29, 1.82) is 0 Å². The molecule has 0 fully saturated rings. The highest BCUT2D eigenvalue weighted by Crippen LogP contribution is 2.53. The Morgan fingerprint density at radius 3 is 1.52 bits per heavy atom. The van der Waals surface area contributed by atoms with Crippen molar-refractivity contribution in [3.05, 3.63) is 206 Å². The molecule has 2 aromatic heterocycles. The van der Waals surface area contributed by atoms with Gasteiger partial charge in [0.05, 0.1) is 5.56 Å². The van der Waals surface area contributed by atoms with E-state index >= 15 is 0 Å². The molecule has 0 unspecified atom stereocenters. The highest BCUT2D eigenvalue weighted by atomic mass is 16.3. The van der Waals surface area contributed by atoms with Gasteiger partial charge in [-0.1, -0.05) is 182 Å². The average molecular weight is 739 g/mol. The molecule has 0 N–H and O–H groups in total. The molecule has 0 aliphatic heterocycles. The van der Waals surface area contributed by atoms with Crippen LogP contribution in [0.1, 0.15) is 0 Å². The zero-order valence-corrected chi connectivity index (χ0v) is 31.4. The van der Waals surface area contributed by atoms with E-state index in [0.29, 0.717) is 0 Å². The van der Waals surface area contributed by atoms with E-state index in [0.717, 1.165) is 77.3 Å². The fourth-order valence-corrected chi connectivity index (χ4v) is 9.26. The molecule has 2 heterocycles. The molecule has 10 aromatic carbocycles. The highest BCUT2D eigenvalue weighted by molar-refractivity contribution is 6.29. The van der Waals surface area contributed by atoms with E-state index in [4.69, 9.17) is 8.83 Å². The van der Waals surface area contributed by atoms with Gasteiger partial charge in [0, 0.05) is 32.8 Å². The van der Waals surface area contributed by atoms with Crippen molar-refractivity contribution in [2.45, 2.75) is 0 Å². The Bertz CT molecular complexity index is 3490. The molecule has 0 atom stereocenters. The van der Waals surface area contributed by atoms with Crippen molar-refractivity contribution in [2.75, 3.05) is 0 Å². The van der Waals surface area contributed by atoms with Gasteiger partial charge in [-0.25, -0.2) is 0 Å². The van der Waals surface area contributed by atoms with Gasteiger partial charge >= 0.3 is 0 Å². The molecule has 12 rings (SSSR count). The van der Waals surface area contributed by atoms with Crippen molar-refractivity contribution in [3.63, 3.8) is 0 Å². The fourth-order valence-electron chi connectivity index (χ4n) is 9.26. The van der Waals surface area contributed by atoms with Gasteiger partial charge < -0.3 is 8.83 Å². The minimum Gasteiger partial charge on any atom is -0.455 e. The quantitative estimate of drug-likeness (QED) is 0.164. The van der Waals surface area contributed by atoms with Gasteiger partial charge in [-0.15, -0.1) is 0 Å². The summed E-state index contributed by atoms with van der Waals surface area (Å²) in [4.78, 5) is 0. The van der Waals surface area contributed by atoms with Crippen molar-refractivity contribution in [1.82, 2.24) is 0 Å². The Morgan fingerprint density at radius 1 is 0.241 bits per heavy atom. The number of benzene rings is 10. The first kappa shape index (κ1) is 32.6. The van der Waals surface area contributed by atoms with Crippen LogP contribution in [0.4, 0.5) is 0 Å². The van der Waals surface area contributed by atoms with Crippen molar-refractivity contribution in [2.24, 2.45) is 0 Å². The van der Waals surface area contributed by atoms with Crippen LogP contribution < -0.4 is 0 Å². The third-order valence-corrected chi connectivity index (χ3v) is 11.8. The second-order valence-corrected chi connectivity index (χ2v) is 15.1. The smallest absolute Gasteiger partial charge is 0.147 e. The lowest BCUT2D eigenvalue weighted by Gasteiger charge is -2.18. The number of para-hydroxylation sites is 1. The molecule has 0 radical (unpaired) electrons. The summed E-state index contributed by atoms with van der Waals surface area (Å²) < 4.78 is 14.4. The van der Waals surface area contributed by atoms with Crippen LogP contribution in [0, 0.1) is 0 Å². The summed E-state index contributed by atoms with van der Waals surface area (Å²) >= 11 is 0. The Hall–Kier alpha value is -7.68. The highest BCUT2D eigenvalue weighted by Gasteiger charge is 2.28. The van der Waals surface area contributed by atoms with Crippen LogP contribution >= 0.6 is 0 Å². The summed E-state index contributed by atoms with van der Waals surface area (Å²) in [7, 11) is 0. The molecule has 270 valence electrons. The lowest BCUT2D eigenvalue weighted by atomic mass is 9.84. The van der Waals surface area contributed by atoms with E-state index in [2.05, 4.69) is 200 Å². The van der Waals surface area contributed by atoms with Crippen LogP contribution in [0.15, 0.2) is 215 Å². The average Bonchev–Trinajstić information content (AvgIpc) is 3.87. The number of rotatable bonds is 5. The van der Waals surface area contributed by atoms with Gasteiger partial charge in [0.2, 0.25) is 0 Å². The molecule has 0 saturated carbocycles. The Morgan fingerprint density at radius 2 is 0.793 bits per heavy atom. The Balaban J connectivity index is 1.24. The molecule has 0 amide bonds. The zero-order valence-electron chi connectivity index (χ0n) is 31.4. The first-order valence-electron chi connectivity index (χ1n) is 19.8. The maximum atomic E-state index is 7.40. The van der Waals surface area contributed by atoms with Gasteiger partial charge in [0.15, 0.2) is 0 Å². The molecule has 0 spiro atoms. The van der Waals surface area contributed by atoms with Crippen LogP contribution in [0.25, 0.3) is 121 Å². The summed E-state index contributed by atoms with van der Waals surface area (Å²) in [5.41, 5.74) is 12.5. The summed E-state index contributed by atoms with van der Waals surface area (Å²) in [6, 6.07) is 73.7. The second-order valence-electron chi connectivity index (χ2n) is 15.1. The minimum absolute atomic E-state index is 0.808. The molecule has 0 bridgehead atoms. The molecule has 0 aliphatic rings. The lowest BCUT2D eigenvalue weighted by Crippen LogP contribution is -1.92. The maximum Gasteiger partial charge on any atom is 0.147 e. The van der Waals surface area contributed by atoms with Crippen molar-refractivity contribution in [3.8, 4) is 55.8 Å². The summed E-state index contributed by atoms with van der Waals surface area (Å²) in [6.07, 6.45) is 0. The van der Waals surface area contributed by atoms with Crippen molar-refractivity contribution < 1.29 is 8.83 Å². The molecule has 0 aliphatic carbocycles. The molecule has 0 saturated heterocycles. The van der Waals surface area contributed by atoms with Crippen LogP contribution in [-0.2, 0) is 0 Å². The van der Waals surface area contributed by atoms with Crippen LogP contribution in [0.2, 0.25) is 0 Å². The van der Waals surface area contributed by atoms with Gasteiger partial charge in [-0.05, 0) is 84.4 Å². The zero-order chi connectivity index (χ0) is 38.2. The van der Waals surface area contributed by atoms with E-state index in [1.165, 1.54) is 43.8 Å². The first-order chi connectivity index (χ1) is 28.8. The topological polar surface area (TPSA) is 26.3 Å². The van der Waals surface area contributed by atoms with Gasteiger partial charge in [-0.3, -0.25) is 0 Å². The van der Waals surface area contributed by atoms with E-state index in [1.54, 1.807) is 0 Å².